The number of benzene rings is 2. The first kappa shape index (κ1) is 17.0. The van der Waals surface area contributed by atoms with E-state index in [1.165, 1.54) is 4.90 Å². The molecule has 5 nitrogen and oxygen atoms in total. The van der Waals surface area contributed by atoms with Gasteiger partial charge in [-0.1, -0.05) is 30.3 Å². The molecule has 1 N–H and O–H groups in total. The lowest BCUT2D eigenvalue weighted by molar-refractivity contribution is -0.121. The lowest BCUT2D eigenvalue weighted by Gasteiger charge is -2.24. The van der Waals surface area contributed by atoms with E-state index in [-0.39, 0.29) is 18.4 Å². The van der Waals surface area contributed by atoms with Crippen molar-refractivity contribution < 1.29 is 9.59 Å². The Morgan fingerprint density at radius 2 is 1.64 bits per heavy atom. The number of hydrogen-bond acceptors (Lipinski definition) is 3. The molecule has 0 spiro atoms. The fraction of sp³-hybridized carbons (Fsp3) is 0.300. The van der Waals surface area contributed by atoms with Gasteiger partial charge < -0.3 is 15.1 Å². The minimum atomic E-state index is -0.163. The molecule has 130 valence electrons. The molecule has 2 aromatic carbocycles. The van der Waals surface area contributed by atoms with Gasteiger partial charge in [0.1, 0.15) is 0 Å². The van der Waals surface area contributed by atoms with Crippen LogP contribution in [0.4, 0.5) is 11.4 Å². The van der Waals surface area contributed by atoms with Crippen LogP contribution in [0.1, 0.15) is 23.2 Å². The fourth-order valence-corrected chi connectivity index (χ4v) is 2.73. The lowest BCUT2D eigenvalue weighted by Crippen LogP contribution is -2.39. The van der Waals surface area contributed by atoms with Gasteiger partial charge in [-0.3, -0.25) is 9.59 Å². The molecule has 25 heavy (non-hydrogen) atoms. The molecule has 0 unspecified atom stereocenters. The third-order valence-corrected chi connectivity index (χ3v) is 4.31. The maximum Gasteiger partial charge on any atom is 0.256 e. The van der Waals surface area contributed by atoms with Gasteiger partial charge in [0.25, 0.3) is 5.91 Å². The van der Waals surface area contributed by atoms with Crippen LogP contribution in [0.2, 0.25) is 0 Å². The Bertz CT molecular complexity index is 757. The number of anilines is 2. The number of para-hydroxylation sites is 2. The average molecular weight is 337 g/mol. The Hall–Kier alpha value is -2.82. The summed E-state index contributed by atoms with van der Waals surface area (Å²) in [4.78, 5) is 28.3. The van der Waals surface area contributed by atoms with Crippen LogP contribution in [0.15, 0.2) is 54.6 Å². The maximum atomic E-state index is 12.9. The Morgan fingerprint density at radius 3 is 2.32 bits per heavy atom. The first-order chi connectivity index (χ1) is 12.1. The zero-order valence-electron chi connectivity index (χ0n) is 14.6. The van der Waals surface area contributed by atoms with Crippen LogP contribution in [0.5, 0.6) is 0 Å². The summed E-state index contributed by atoms with van der Waals surface area (Å²) in [5.74, 6) is -0.267. The second-order valence-corrected chi connectivity index (χ2v) is 6.41. The summed E-state index contributed by atoms with van der Waals surface area (Å²) in [6.45, 7) is 0.0682. The summed E-state index contributed by atoms with van der Waals surface area (Å²) < 4.78 is 0. The smallest absolute Gasteiger partial charge is 0.256 e. The van der Waals surface area contributed by atoms with Crippen molar-refractivity contribution in [2.24, 2.45) is 0 Å². The molecule has 1 fully saturated rings. The summed E-state index contributed by atoms with van der Waals surface area (Å²) in [6.07, 6.45) is 2.07. The molecule has 0 radical (unpaired) electrons. The van der Waals surface area contributed by atoms with Crippen LogP contribution in [-0.2, 0) is 4.79 Å². The molecule has 0 aliphatic heterocycles. The number of carbonyl (C=O) groups is 2. The van der Waals surface area contributed by atoms with Gasteiger partial charge in [-0.25, -0.2) is 0 Å². The van der Waals surface area contributed by atoms with E-state index in [0.29, 0.717) is 11.6 Å². The molecular weight excluding hydrogens is 314 g/mol. The number of nitrogens with zero attached hydrogens (tertiary/aromatic N) is 2. The maximum absolute atomic E-state index is 12.9. The van der Waals surface area contributed by atoms with Gasteiger partial charge >= 0.3 is 0 Å². The van der Waals surface area contributed by atoms with Crippen LogP contribution in [-0.4, -0.2) is 43.4 Å². The Labute approximate surface area is 148 Å². The molecule has 5 heteroatoms. The van der Waals surface area contributed by atoms with Gasteiger partial charge in [0.15, 0.2) is 0 Å². The van der Waals surface area contributed by atoms with E-state index in [0.717, 1.165) is 24.2 Å². The molecule has 0 atom stereocenters. The number of carbonyl (C=O) groups excluding carboxylic acids is 2. The van der Waals surface area contributed by atoms with Gasteiger partial charge in [0, 0.05) is 25.8 Å². The van der Waals surface area contributed by atoms with E-state index in [1.54, 1.807) is 13.1 Å². The van der Waals surface area contributed by atoms with Gasteiger partial charge in [-0.05, 0) is 37.1 Å². The number of rotatable bonds is 6. The second-order valence-electron chi connectivity index (χ2n) is 6.41. The summed E-state index contributed by atoms with van der Waals surface area (Å²) in [5.41, 5.74) is 2.39. The zero-order chi connectivity index (χ0) is 17.8. The fourth-order valence-electron chi connectivity index (χ4n) is 2.73. The van der Waals surface area contributed by atoms with Gasteiger partial charge in [-0.2, -0.15) is 0 Å². The average Bonchev–Trinajstić information content (AvgIpc) is 3.45. The van der Waals surface area contributed by atoms with Crippen LogP contribution >= 0.6 is 0 Å². The van der Waals surface area contributed by atoms with Crippen molar-refractivity contribution in [2.45, 2.75) is 18.9 Å². The van der Waals surface area contributed by atoms with Crippen molar-refractivity contribution in [3.8, 4) is 0 Å². The molecule has 3 rings (SSSR count). The quantitative estimate of drug-likeness (QED) is 0.882. The van der Waals surface area contributed by atoms with E-state index in [4.69, 9.17) is 0 Å². The molecule has 2 aromatic rings. The number of amides is 2. The van der Waals surface area contributed by atoms with Crippen LogP contribution in [0.25, 0.3) is 0 Å². The first-order valence-corrected chi connectivity index (χ1v) is 8.49. The summed E-state index contributed by atoms with van der Waals surface area (Å²) in [7, 11) is 3.59. The number of nitrogens with one attached hydrogen (secondary N) is 1. The van der Waals surface area contributed by atoms with Crippen molar-refractivity contribution >= 4 is 23.2 Å². The number of hydrogen-bond donors (Lipinski definition) is 1. The predicted octanol–water partition coefficient (Wildman–Crippen LogP) is 2.81. The molecule has 1 aliphatic carbocycles. The molecule has 0 saturated heterocycles. The van der Waals surface area contributed by atoms with Gasteiger partial charge in [0.05, 0.1) is 17.8 Å². The van der Waals surface area contributed by atoms with Crippen molar-refractivity contribution in [1.82, 2.24) is 10.2 Å². The Balaban J connectivity index is 1.77. The van der Waals surface area contributed by atoms with Crippen molar-refractivity contribution in [1.29, 1.82) is 0 Å². The van der Waals surface area contributed by atoms with E-state index in [1.807, 2.05) is 60.5 Å². The highest BCUT2D eigenvalue weighted by Gasteiger charge is 2.25. The molecule has 0 bridgehead atoms. The highest BCUT2D eigenvalue weighted by Crippen LogP contribution is 2.27. The Kier molecular flexibility index (Phi) is 5.03. The topological polar surface area (TPSA) is 52.7 Å². The standard InChI is InChI=1S/C20H23N3O2/c1-22(14-19(24)21-15-12-13-15)20(25)17-10-6-7-11-18(17)23(2)16-8-4-3-5-9-16/h3-11,15H,12-14H2,1-2H3,(H,21,24). The SMILES string of the molecule is CN(CC(=O)NC1CC1)C(=O)c1ccccc1N(C)c1ccccc1. The third kappa shape index (κ3) is 4.18. The Morgan fingerprint density at radius 1 is 1.00 bits per heavy atom. The minimum absolute atomic E-state index is 0.0682. The summed E-state index contributed by atoms with van der Waals surface area (Å²) >= 11 is 0. The molecule has 1 saturated carbocycles. The van der Waals surface area contributed by atoms with Crippen molar-refractivity contribution in [2.75, 3.05) is 25.5 Å². The minimum Gasteiger partial charge on any atom is -0.352 e. The predicted molar refractivity (Wildman–Crippen MR) is 99.1 cm³/mol. The molecule has 2 amide bonds. The highest BCUT2D eigenvalue weighted by molar-refractivity contribution is 6.01. The summed E-state index contributed by atoms with van der Waals surface area (Å²) in [5, 5.41) is 2.91. The molecule has 1 aliphatic rings. The highest BCUT2D eigenvalue weighted by atomic mass is 16.2. The molecular formula is C20H23N3O2. The second kappa shape index (κ2) is 7.38. The van der Waals surface area contributed by atoms with E-state index >= 15 is 0 Å². The molecule has 0 heterocycles. The van der Waals surface area contributed by atoms with Crippen molar-refractivity contribution in [3.63, 3.8) is 0 Å². The largest absolute Gasteiger partial charge is 0.352 e. The van der Waals surface area contributed by atoms with Crippen LogP contribution < -0.4 is 10.2 Å². The van der Waals surface area contributed by atoms with Gasteiger partial charge in [-0.15, -0.1) is 0 Å². The third-order valence-electron chi connectivity index (χ3n) is 4.31. The molecule has 0 aromatic heterocycles. The lowest BCUT2D eigenvalue weighted by atomic mass is 10.1. The summed E-state index contributed by atoms with van der Waals surface area (Å²) in [6, 6.07) is 17.6. The van der Waals surface area contributed by atoms with Crippen molar-refractivity contribution in [3.05, 3.63) is 60.2 Å². The zero-order valence-corrected chi connectivity index (χ0v) is 14.6. The van der Waals surface area contributed by atoms with E-state index in [2.05, 4.69) is 5.32 Å². The van der Waals surface area contributed by atoms with Crippen LogP contribution in [0, 0.1) is 0 Å². The van der Waals surface area contributed by atoms with Gasteiger partial charge in [0.2, 0.25) is 5.91 Å². The van der Waals surface area contributed by atoms with E-state index in [9.17, 15) is 9.59 Å². The normalized spacial score (nSPS) is 13.2. The van der Waals surface area contributed by atoms with E-state index < -0.39 is 0 Å². The monoisotopic (exact) mass is 337 g/mol. The first-order valence-electron chi connectivity index (χ1n) is 8.49. The number of likely N-dealkylation sites (N-methyl/N-ethyl adjacent to an activating group) is 1. The van der Waals surface area contributed by atoms with Crippen LogP contribution in [0.3, 0.4) is 0 Å².